The van der Waals surface area contributed by atoms with Crippen molar-refractivity contribution < 1.29 is 18.0 Å². The van der Waals surface area contributed by atoms with Gasteiger partial charge in [-0.2, -0.15) is 0 Å². The van der Waals surface area contributed by atoms with Gasteiger partial charge in [0, 0.05) is 22.1 Å². The van der Waals surface area contributed by atoms with E-state index in [1.54, 1.807) is 48.5 Å². The Morgan fingerprint density at radius 3 is 2.21 bits per heavy atom. The number of nitrogens with zero attached hydrogens (tertiary/aromatic N) is 2. The molecule has 10 heteroatoms. The van der Waals surface area contributed by atoms with E-state index < -0.39 is 28.5 Å². The lowest BCUT2D eigenvalue weighted by Gasteiger charge is -2.33. The van der Waals surface area contributed by atoms with Crippen molar-refractivity contribution >= 4 is 55.1 Å². The third kappa shape index (κ3) is 7.71. The van der Waals surface area contributed by atoms with Crippen LogP contribution in [0.4, 0.5) is 5.69 Å². The van der Waals surface area contributed by atoms with E-state index in [4.69, 9.17) is 11.6 Å². The number of hydrogen-bond acceptors (Lipinski definition) is 4. The first kappa shape index (κ1) is 28.1. The fourth-order valence-corrected chi connectivity index (χ4v) is 5.00. The van der Waals surface area contributed by atoms with Gasteiger partial charge in [-0.15, -0.1) is 0 Å². The minimum atomic E-state index is -3.79. The summed E-state index contributed by atoms with van der Waals surface area (Å²) in [5.41, 5.74) is 1.13. The highest BCUT2D eigenvalue weighted by Gasteiger charge is 2.32. The van der Waals surface area contributed by atoms with Crippen LogP contribution in [0.25, 0.3) is 0 Å². The van der Waals surface area contributed by atoms with Gasteiger partial charge in [0.25, 0.3) is 0 Å². The van der Waals surface area contributed by atoms with Gasteiger partial charge in [-0.3, -0.25) is 13.9 Å². The highest BCUT2D eigenvalue weighted by atomic mass is 79.9. The maximum atomic E-state index is 13.6. The number of hydrogen-bond donors (Lipinski definition) is 1. The van der Waals surface area contributed by atoms with Crippen molar-refractivity contribution in [3.05, 3.63) is 63.6 Å². The molecule has 1 N–H and O–H groups in total. The zero-order chi connectivity index (χ0) is 25.5. The zero-order valence-electron chi connectivity index (χ0n) is 19.8. The van der Waals surface area contributed by atoms with Crippen LogP contribution in [0.1, 0.15) is 39.2 Å². The second-order valence-electron chi connectivity index (χ2n) is 8.11. The Morgan fingerprint density at radius 2 is 1.68 bits per heavy atom. The first-order valence-corrected chi connectivity index (χ1v) is 14.1. The van der Waals surface area contributed by atoms with Crippen molar-refractivity contribution in [3.8, 4) is 0 Å². The van der Waals surface area contributed by atoms with E-state index in [0.29, 0.717) is 21.6 Å². The molecule has 186 valence electrons. The van der Waals surface area contributed by atoms with Gasteiger partial charge in [0.1, 0.15) is 12.6 Å². The molecule has 0 bridgehead atoms. The van der Waals surface area contributed by atoms with Gasteiger partial charge in [0.15, 0.2) is 0 Å². The Balaban J connectivity index is 2.44. The van der Waals surface area contributed by atoms with Crippen molar-refractivity contribution in [3.63, 3.8) is 0 Å². The van der Waals surface area contributed by atoms with E-state index in [1.165, 1.54) is 4.90 Å². The molecule has 0 fully saturated rings. The fourth-order valence-electron chi connectivity index (χ4n) is 3.40. The monoisotopic (exact) mass is 571 g/mol. The molecule has 0 heterocycles. The molecule has 0 spiro atoms. The highest BCUT2D eigenvalue weighted by molar-refractivity contribution is 9.10. The number of anilines is 1. The third-order valence-corrected chi connectivity index (χ3v) is 7.50. The summed E-state index contributed by atoms with van der Waals surface area (Å²) in [5.74, 6) is -0.756. The maximum absolute atomic E-state index is 13.6. The zero-order valence-corrected chi connectivity index (χ0v) is 23.0. The third-order valence-electron chi connectivity index (χ3n) is 5.45. The first-order chi connectivity index (χ1) is 16.0. The molecule has 0 aliphatic heterocycles. The predicted octanol–water partition coefficient (Wildman–Crippen LogP) is 4.59. The number of carbonyl (C=O) groups excluding carboxylic acids is 2. The van der Waals surface area contributed by atoms with Crippen LogP contribution in [0, 0.1) is 0 Å². The van der Waals surface area contributed by atoms with Crippen molar-refractivity contribution in [1.29, 1.82) is 0 Å². The number of benzene rings is 2. The molecule has 34 heavy (non-hydrogen) atoms. The molecule has 0 unspecified atom stereocenters. The van der Waals surface area contributed by atoms with E-state index in [9.17, 15) is 18.0 Å². The summed E-state index contributed by atoms with van der Waals surface area (Å²) in [4.78, 5) is 28.1. The van der Waals surface area contributed by atoms with Crippen LogP contribution in [0.15, 0.2) is 53.0 Å². The lowest BCUT2D eigenvalue weighted by atomic mass is 10.1. The van der Waals surface area contributed by atoms with E-state index in [0.717, 1.165) is 22.5 Å². The fraction of sp³-hybridized carbons (Fsp3) is 0.417. The van der Waals surface area contributed by atoms with Crippen LogP contribution in [0.5, 0.6) is 0 Å². The molecule has 2 aromatic rings. The minimum Gasteiger partial charge on any atom is -0.352 e. The van der Waals surface area contributed by atoms with Crippen LogP contribution in [-0.2, 0) is 26.2 Å². The molecule has 7 nitrogen and oxygen atoms in total. The molecule has 0 radical (unpaired) electrons. The van der Waals surface area contributed by atoms with Gasteiger partial charge in [0.05, 0.1) is 11.9 Å². The number of para-hydroxylation sites is 1. The van der Waals surface area contributed by atoms with E-state index in [1.807, 2.05) is 20.8 Å². The smallest absolute Gasteiger partial charge is 0.244 e. The van der Waals surface area contributed by atoms with Crippen LogP contribution in [0.3, 0.4) is 0 Å². The normalized spacial score (nSPS) is 13.1. The van der Waals surface area contributed by atoms with E-state index >= 15 is 0 Å². The molecular formula is C24H31BrClN3O4S. The second kappa shape index (κ2) is 12.6. The largest absolute Gasteiger partial charge is 0.352 e. The maximum Gasteiger partial charge on any atom is 0.244 e. The SMILES string of the molecule is CC[C@@H](C)NC(=O)[C@@H](CC)N(Cc1ccc(Cl)cc1)C(=O)CN(c1ccccc1Br)S(C)(=O)=O. The van der Waals surface area contributed by atoms with Gasteiger partial charge in [-0.25, -0.2) is 8.42 Å². The summed E-state index contributed by atoms with van der Waals surface area (Å²) in [7, 11) is -3.79. The van der Waals surface area contributed by atoms with Gasteiger partial charge in [0.2, 0.25) is 21.8 Å². The number of carbonyl (C=O) groups is 2. The van der Waals surface area contributed by atoms with Crippen LogP contribution in [0.2, 0.25) is 5.02 Å². The van der Waals surface area contributed by atoms with Gasteiger partial charge in [-0.05, 0) is 65.5 Å². The van der Waals surface area contributed by atoms with Gasteiger partial charge < -0.3 is 10.2 Å². The van der Waals surface area contributed by atoms with Crippen molar-refractivity contribution in [1.82, 2.24) is 10.2 Å². The summed E-state index contributed by atoms with van der Waals surface area (Å²) in [6.07, 6.45) is 2.17. The molecule has 2 amide bonds. The first-order valence-electron chi connectivity index (χ1n) is 11.0. The molecule has 0 aliphatic carbocycles. The lowest BCUT2D eigenvalue weighted by Crippen LogP contribution is -2.53. The number of sulfonamides is 1. The molecule has 0 aromatic heterocycles. The van der Waals surface area contributed by atoms with Crippen LogP contribution < -0.4 is 9.62 Å². The Hall–Kier alpha value is -2.10. The van der Waals surface area contributed by atoms with Crippen molar-refractivity contribution in [2.45, 2.75) is 52.2 Å². The highest BCUT2D eigenvalue weighted by Crippen LogP contribution is 2.28. The molecule has 0 saturated carbocycles. The van der Waals surface area contributed by atoms with Crippen molar-refractivity contribution in [2.75, 3.05) is 17.1 Å². The van der Waals surface area contributed by atoms with Crippen LogP contribution >= 0.6 is 27.5 Å². The topological polar surface area (TPSA) is 86.8 Å². The predicted molar refractivity (Wildman–Crippen MR) is 140 cm³/mol. The standard InChI is InChI=1S/C24H31BrClN3O4S/c1-5-17(3)27-24(31)21(6-2)28(15-18-11-13-19(26)14-12-18)23(30)16-29(34(4,32)33)22-10-8-7-9-20(22)25/h7-14,17,21H,5-6,15-16H2,1-4H3,(H,27,31)/t17-,21-/m1/s1. The molecular weight excluding hydrogens is 542 g/mol. The number of amides is 2. The summed E-state index contributed by atoms with van der Waals surface area (Å²) in [5, 5.41) is 3.50. The molecule has 2 aromatic carbocycles. The molecule has 2 atom stereocenters. The average Bonchev–Trinajstić information content (AvgIpc) is 2.78. The summed E-state index contributed by atoms with van der Waals surface area (Å²) < 4.78 is 26.9. The summed E-state index contributed by atoms with van der Waals surface area (Å²) in [6, 6.07) is 12.9. The summed E-state index contributed by atoms with van der Waals surface area (Å²) in [6.45, 7) is 5.38. The Kier molecular flexibility index (Phi) is 10.4. The molecule has 0 aliphatic rings. The Morgan fingerprint density at radius 1 is 1.06 bits per heavy atom. The summed E-state index contributed by atoms with van der Waals surface area (Å²) >= 11 is 9.37. The average molecular weight is 573 g/mol. The number of rotatable bonds is 11. The van der Waals surface area contributed by atoms with E-state index in [2.05, 4.69) is 21.2 Å². The van der Waals surface area contributed by atoms with Crippen molar-refractivity contribution in [2.24, 2.45) is 0 Å². The Labute approximate surface area is 215 Å². The number of halogens is 2. The van der Waals surface area contributed by atoms with Crippen LogP contribution in [-0.4, -0.2) is 50.0 Å². The van der Waals surface area contributed by atoms with Gasteiger partial charge in [-0.1, -0.05) is 49.7 Å². The second-order valence-corrected chi connectivity index (χ2v) is 11.3. The minimum absolute atomic E-state index is 0.0539. The lowest BCUT2D eigenvalue weighted by molar-refractivity contribution is -0.140. The quantitative estimate of drug-likeness (QED) is 0.427. The number of nitrogens with one attached hydrogen (secondary N) is 1. The Bertz CT molecular complexity index is 1100. The molecule has 0 saturated heterocycles. The van der Waals surface area contributed by atoms with Gasteiger partial charge >= 0.3 is 0 Å². The molecule has 2 rings (SSSR count). The van der Waals surface area contributed by atoms with E-state index in [-0.39, 0.29) is 18.5 Å².